The van der Waals surface area contributed by atoms with Crippen molar-refractivity contribution >= 4 is 21.7 Å². The highest BCUT2D eigenvalue weighted by atomic mass is 79.9. The molecule has 0 amide bonds. The minimum absolute atomic E-state index is 0.306. The summed E-state index contributed by atoms with van der Waals surface area (Å²) in [6.45, 7) is 4.82. The van der Waals surface area contributed by atoms with Crippen LogP contribution in [0, 0.1) is 5.82 Å². The van der Waals surface area contributed by atoms with Crippen molar-refractivity contribution in [2.75, 3.05) is 11.9 Å². The van der Waals surface area contributed by atoms with E-state index < -0.39 is 0 Å². The number of anilines is 1. The molecule has 0 fully saturated rings. The second-order valence-electron chi connectivity index (χ2n) is 4.11. The molecule has 5 heteroatoms. The predicted molar refractivity (Wildman–Crippen MR) is 78.7 cm³/mol. The van der Waals surface area contributed by atoms with Gasteiger partial charge < -0.3 is 5.32 Å². The molecule has 2 rings (SSSR count). The van der Waals surface area contributed by atoms with Gasteiger partial charge in [0.25, 0.3) is 0 Å². The molecule has 0 aliphatic rings. The summed E-state index contributed by atoms with van der Waals surface area (Å²) in [6.07, 6.45) is 0.810. The van der Waals surface area contributed by atoms with Gasteiger partial charge in [0.15, 0.2) is 5.82 Å². The fourth-order valence-electron chi connectivity index (χ4n) is 1.76. The predicted octanol–water partition coefficient (Wildman–Crippen LogP) is 4.04. The van der Waals surface area contributed by atoms with Gasteiger partial charge >= 0.3 is 0 Å². The highest BCUT2D eigenvalue weighted by Crippen LogP contribution is 2.23. The number of nitrogens with one attached hydrogen (secondary N) is 1. The van der Waals surface area contributed by atoms with Crippen LogP contribution >= 0.6 is 15.9 Å². The Kier molecular flexibility index (Phi) is 4.47. The summed E-state index contributed by atoms with van der Waals surface area (Å²) in [5.41, 5.74) is 1.60. The van der Waals surface area contributed by atoms with Gasteiger partial charge in [0, 0.05) is 28.3 Å². The number of nitrogens with zero attached hydrogens (tertiary/aromatic N) is 2. The molecule has 0 radical (unpaired) electrons. The van der Waals surface area contributed by atoms with E-state index >= 15 is 0 Å². The third-order valence-corrected chi connectivity index (χ3v) is 3.08. The normalized spacial score (nSPS) is 10.5. The summed E-state index contributed by atoms with van der Waals surface area (Å²) in [7, 11) is 0. The van der Waals surface area contributed by atoms with E-state index in [-0.39, 0.29) is 5.82 Å². The first kappa shape index (κ1) is 13.9. The third kappa shape index (κ3) is 3.50. The molecule has 19 heavy (non-hydrogen) atoms. The van der Waals surface area contributed by atoms with Crippen LogP contribution in [0.4, 0.5) is 10.2 Å². The molecule has 1 heterocycles. The molecule has 0 saturated carbocycles. The maximum atomic E-state index is 13.4. The van der Waals surface area contributed by atoms with Gasteiger partial charge in [-0.15, -0.1) is 0 Å². The highest BCUT2D eigenvalue weighted by molar-refractivity contribution is 9.10. The van der Waals surface area contributed by atoms with Crippen molar-refractivity contribution in [1.82, 2.24) is 9.97 Å². The average molecular weight is 324 g/mol. The first-order valence-corrected chi connectivity index (χ1v) is 7.00. The molecular weight excluding hydrogens is 309 g/mol. The van der Waals surface area contributed by atoms with Crippen LogP contribution in [0.2, 0.25) is 0 Å². The maximum absolute atomic E-state index is 13.4. The van der Waals surface area contributed by atoms with Gasteiger partial charge in [0.2, 0.25) is 0 Å². The van der Waals surface area contributed by atoms with Crippen molar-refractivity contribution in [3.8, 4) is 11.4 Å². The Bertz CT molecular complexity index is 567. The second kappa shape index (κ2) is 6.10. The summed E-state index contributed by atoms with van der Waals surface area (Å²) in [6, 6.07) is 6.59. The standard InChI is InChI=1S/C14H15BrFN3/c1-3-12-8-13(17-4-2)19-14(18-12)9-5-10(15)7-11(16)6-9/h5-8H,3-4H2,1-2H3,(H,17,18,19). The molecule has 1 aromatic carbocycles. The second-order valence-corrected chi connectivity index (χ2v) is 5.03. The van der Waals surface area contributed by atoms with Crippen LogP contribution in [0.15, 0.2) is 28.7 Å². The molecule has 2 aromatic rings. The molecular formula is C14H15BrFN3. The lowest BCUT2D eigenvalue weighted by atomic mass is 10.2. The van der Waals surface area contributed by atoms with Crippen LogP contribution in [-0.2, 0) is 6.42 Å². The first-order chi connectivity index (χ1) is 9.12. The van der Waals surface area contributed by atoms with Gasteiger partial charge in [-0.25, -0.2) is 14.4 Å². The van der Waals surface area contributed by atoms with Crippen LogP contribution in [0.1, 0.15) is 19.5 Å². The smallest absolute Gasteiger partial charge is 0.161 e. The Morgan fingerprint density at radius 2 is 1.95 bits per heavy atom. The van der Waals surface area contributed by atoms with E-state index in [0.29, 0.717) is 15.9 Å². The topological polar surface area (TPSA) is 37.8 Å². The Labute approximate surface area is 120 Å². The van der Waals surface area contributed by atoms with Gasteiger partial charge in [-0.2, -0.15) is 0 Å². The molecule has 0 aliphatic carbocycles. The Morgan fingerprint density at radius 1 is 1.16 bits per heavy atom. The van der Waals surface area contributed by atoms with Gasteiger partial charge in [0.1, 0.15) is 11.6 Å². The lowest BCUT2D eigenvalue weighted by molar-refractivity contribution is 0.627. The molecule has 0 atom stereocenters. The SMILES string of the molecule is CCNc1cc(CC)nc(-c2cc(F)cc(Br)c2)n1. The summed E-state index contributed by atoms with van der Waals surface area (Å²) >= 11 is 3.28. The maximum Gasteiger partial charge on any atom is 0.161 e. The number of hydrogen-bond acceptors (Lipinski definition) is 3. The van der Waals surface area contributed by atoms with Crippen molar-refractivity contribution in [2.45, 2.75) is 20.3 Å². The zero-order valence-corrected chi connectivity index (χ0v) is 12.5. The fourth-order valence-corrected chi connectivity index (χ4v) is 2.23. The van der Waals surface area contributed by atoms with Crippen LogP contribution < -0.4 is 5.32 Å². The molecule has 1 aromatic heterocycles. The number of rotatable bonds is 4. The van der Waals surface area contributed by atoms with E-state index in [2.05, 4.69) is 31.2 Å². The number of benzene rings is 1. The molecule has 100 valence electrons. The summed E-state index contributed by atoms with van der Waals surface area (Å²) in [5, 5.41) is 3.17. The van der Waals surface area contributed by atoms with E-state index in [1.165, 1.54) is 12.1 Å². The number of halogens is 2. The number of hydrogen-bond donors (Lipinski definition) is 1. The lowest BCUT2D eigenvalue weighted by Crippen LogP contribution is -2.03. The summed E-state index contributed by atoms with van der Waals surface area (Å²) in [5.74, 6) is 1.00. The van der Waals surface area contributed by atoms with Crippen molar-refractivity contribution in [1.29, 1.82) is 0 Å². The lowest BCUT2D eigenvalue weighted by Gasteiger charge is -2.08. The number of aromatic nitrogens is 2. The summed E-state index contributed by atoms with van der Waals surface area (Å²) in [4.78, 5) is 8.86. The van der Waals surface area contributed by atoms with Crippen molar-refractivity contribution in [3.63, 3.8) is 0 Å². The van der Waals surface area contributed by atoms with Crippen LogP contribution in [-0.4, -0.2) is 16.5 Å². The van der Waals surface area contributed by atoms with Gasteiger partial charge in [-0.3, -0.25) is 0 Å². The van der Waals surface area contributed by atoms with Crippen LogP contribution in [0.3, 0.4) is 0 Å². The van der Waals surface area contributed by atoms with Crippen molar-refractivity contribution < 1.29 is 4.39 Å². The first-order valence-electron chi connectivity index (χ1n) is 6.20. The van der Waals surface area contributed by atoms with Gasteiger partial charge in [-0.05, 0) is 31.5 Å². The zero-order chi connectivity index (χ0) is 13.8. The Morgan fingerprint density at radius 3 is 2.58 bits per heavy atom. The van der Waals surface area contributed by atoms with E-state index in [1.54, 1.807) is 0 Å². The van der Waals surface area contributed by atoms with E-state index in [1.807, 2.05) is 26.0 Å². The van der Waals surface area contributed by atoms with Crippen LogP contribution in [0.25, 0.3) is 11.4 Å². The minimum Gasteiger partial charge on any atom is -0.370 e. The van der Waals surface area contributed by atoms with E-state index in [4.69, 9.17) is 0 Å². The molecule has 1 N–H and O–H groups in total. The Balaban J connectivity index is 2.50. The zero-order valence-electron chi connectivity index (χ0n) is 10.9. The van der Waals surface area contributed by atoms with Crippen LogP contribution in [0.5, 0.6) is 0 Å². The van der Waals surface area contributed by atoms with E-state index in [0.717, 1.165) is 24.5 Å². The average Bonchev–Trinajstić information content (AvgIpc) is 2.37. The fraction of sp³-hybridized carbons (Fsp3) is 0.286. The van der Waals surface area contributed by atoms with Crippen molar-refractivity contribution in [3.05, 3.63) is 40.2 Å². The Hall–Kier alpha value is -1.49. The highest BCUT2D eigenvalue weighted by Gasteiger charge is 2.08. The minimum atomic E-state index is -0.306. The monoisotopic (exact) mass is 323 g/mol. The molecule has 0 spiro atoms. The van der Waals surface area contributed by atoms with Gasteiger partial charge in [0.05, 0.1) is 0 Å². The largest absolute Gasteiger partial charge is 0.370 e. The van der Waals surface area contributed by atoms with Crippen molar-refractivity contribution in [2.24, 2.45) is 0 Å². The van der Waals surface area contributed by atoms with Gasteiger partial charge in [-0.1, -0.05) is 22.9 Å². The number of aryl methyl sites for hydroxylation is 1. The summed E-state index contributed by atoms with van der Waals surface area (Å²) < 4.78 is 14.1. The molecule has 0 bridgehead atoms. The molecule has 0 unspecified atom stereocenters. The van der Waals surface area contributed by atoms with E-state index in [9.17, 15) is 4.39 Å². The molecule has 3 nitrogen and oxygen atoms in total. The third-order valence-electron chi connectivity index (χ3n) is 2.62. The molecule has 0 aliphatic heterocycles. The molecule has 0 saturated heterocycles. The quantitative estimate of drug-likeness (QED) is 0.922.